The molecule has 0 unspecified atom stereocenters. The molecule has 1 N–H and O–H groups in total. The average molecular weight is 415 g/mol. The molecule has 0 bridgehead atoms. The molecule has 0 saturated heterocycles. The molecule has 0 spiro atoms. The molecule has 3 rings (SSSR count). The Morgan fingerprint density at radius 3 is 2.48 bits per heavy atom. The van der Waals surface area contributed by atoms with Gasteiger partial charge < -0.3 is 9.84 Å². The van der Waals surface area contributed by atoms with E-state index in [0.29, 0.717) is 36.6 Å². The Kier molecular flexibility index (Phi) is 5.44. The van der Waals surface area contributed by atoms with E-state index in [-0.39, 0.29) is 18.6 Å². The Morgan fingerprint density at radius 2 is 1.93 bits per heavy atom. The van der Waals surface area contributed by atoms with Gasteiger partial charge in [-0.25, -0.2) is 9.59 Å². The number of hydrogen-bond donors (Lipinski definition) is 1. The number of ether oxygens (including phenoxy) is 1. The Hall–Kier alpha value is -3.18. The number of aromatic carboxylic acids is 1. The molecular weight excluding hydrogens is 399 g/mol. The molecule has 2 aromatic rings. The van der Waals surface area contributed by atoms with Crippen LogP contribution in [0, 0.1) is 16.0 Å². The molecule has 1 aromatic heterocycles. The summed E-state index contributed by atoms with van der Waals surface area (Å²) in [5.41, 5.74) is -0.683. The van der Waals surface area contributed by atoms with Crippen LogP contribution in [0.3, 0.4) is 0 Å². The quantitative estimate of drug-likeness (QED) is 0.450. The third-order valence-corrected chi connectivity index (χ3v) is 4.94. The number of carbonyl (C=O) groups is 2. The number of carbonyl (C=O) groups excluding carboxylic acids is 1. The topological polar surface area (TPSA) is 125 Å². The second-order valence-electron chi connectivity index (χ2n) is 6.87. The van der Waals surface area contributed by atoms with Crippen molar-refractivity contribution in [2.45, 2.75) is 37.9 Å². The predicted octanol–water partition coefficient (Wildman–Crippen LogP) is 3.48. The molecule has 12 heteroatoms. The highest BCUT2D eigenvalue weighted by molar-refractivity contribution is 5.98. The summed E-state index contributed by atoms with van der Waals surface area (Å²) in [5, 5.41) is 25.0. The summed E-state index contributed by atoms with van der Waals surface area (Å²) in [7, 11) is 0. The highest BCUT2D eigenvalue weighted by Gasteiger charge is 2.41. The fraction of sp³-hybridized carbons (Fsp3) is 0.471. The lowest BCUT2D eigenvalue weighted by molar-refractivity contribution is -0.385. The molecule has 0 radical (unpaired) electrons. The van der Waals surface area contributed by atoms with Gasteiger partial charge in [-0.2, -0.15) is 18.3 Å². The van der Waals surface area contributed by atoms with Gasteiger partial charge in [0.1, 0.15) is 5.56 Å². The minimum absolute atomic E-state index is 0.0932. The van der Waals surface area contributed by atoms with Crippen molar-refractivity contribution < 1.29 is 37.5 Å². The average Bonchev–Trinajstić information content (AvgIpc) is 3.07. The predicted molar refractivity (Wildman–Crippen MR) is 91.4 cm³/mol. The number of carboxylic acid groups (broad SMARTS) is 1. The van der Waals surface area contributed by atoms with Crippen molar-refractivity contribution in [2.24, 2.45) is 5.92 Å². The lowest BCUT2D eigenvalue weighted by atomic mass is 9.86. The molecule has 1 saturated carbocycles. The number of nitro groups is 1. The molecule has 1 aromatic carbocycles. The summed E-state index contributed by atoms with van der Waals surface area (Å²) in [4.78, 5) is 32.4. The van der Waals surface area contributed by atoms with Crippen LogP contribution in [-0.2, 0) is 9.53 Å². The number of carboxylic acids is 1. The molecule has 0 aliphatic heterocycles. The number of rotatable bonds is 5. The molecule has 1 fully saturated rings. The zero-order valence-electron chi connectivity index (χ0n) is 14.9. The zero-order chi connectivity index (χ0) is 21.3. The van der Waals surface area contributed by atoms with Crippen LogP contribution >= 0.6 is 0 Å². The van der Waals surface area contributed by atoms with Crippen LogP contribution < -0.4 is 0 Å². The van der Waals surface area contributed by atoms with Gasteiger partial charge in [-0.1, -0.05) is 0 Å². The van der Waals surface area contributed by atoms with E-state index < -0.39 is 34.3 Å². The van der Waals surface area contributed by atoms with Crippen molar-refractivity contribution >= 4 is 28.5 Å². The molecule has 1 aliphatic carbocycles. The number of aromatic nitrogens is 2. The van der Waals surface area contributed by atoms with E-state index in [1.54, 1.807) is 10.9 Å². The van der Waals surface area contributed by atoms with E-state index in [1.165, 1.54) is 0 Å². The van der Waals surface area contributed by atoms with Crippen molar-refractivity contribution in [3.63, 3.8) is 0 Å². The number of alkyl halides is 3. The molecular formula is C17H16F3N3O6. The van der Waals surface area contributed by atoms with E-state index in [9.17, 15) is 32.9 Å². The summed E-state index contributed by atoms with van der Waals surface area (Å²) in [6.07, 6.45) is -1.25. The van der Waals surface area contributed by atoms with Gasteiger partial charge in [0.25, 0.3) is 5.69 Å². The Balaban J connectivity index is 1.69. The fourth-order valence-electron chi connectivity index (χ4n) is 3.44. The van der Waals surface area contributed by atoms with Crippen molar-refractivity contribution in [1.29, 1.82) is 0 Å². The second kappa shape index (κ2) is 7.68. The van der Waals surface area contributed by atoms with E-state index in [1.807, 2.05) is 0 Å². The number of nitrogens with zero attached hydrogens (tertiary/aromatic N) is 3. The van der Waals surface area contributed by atoms with Gasteiger partial charge in [0.15, 0.2) is 0 Å². The van der Waals surface area contributed by atoms with E-state index in [4.69, 9.17) is 5.11 Å². The van der Waals surface area contributed by atoms with Gasteiger partial charge in [0, 0.05) is 17.6 Å². The third kappa shape index (κ3) is 4.46. The van der Waals surface area contributed by atoms with Crippen LogP contribution in [0.25, 0.3) is 10.9 Å². The molecule has 9 nitrogen and oxygen atoms in total. The highest BCUT2D eigenvalue weighted by atomic mass is 19.4. The van der Waals surface area contributed by atoms with Crippen LogP contribution in [0.15, 0.2) is 18.3 Å². The SMILES string of the molecule is O=C(O)c1cc2nn(C3CCC(COC(=O)C(F)(F)F)CC3)cc2cc1[N+](=O)[O-]. The minimum Gasteiger partial charge on any atom is -0.477 e. The standard InChI is InChI=1S/C17H16F3N3O6/c18-17(19,20)16(26)29-8-9-1-3-11(4-2-9)22-7-10-5-14(23(27)28)12(15(24)25)6-13(10)21-22/h5-7,9,11H,1-4,8H2,(H,24,25). The zero-order valence-corrected chi connectivity index (χ0v) is 14.9. The summed E-state index contributed by atoms with van der Waals surface area (Å²) in [6.45, 7) is -0.305. The Bertz CT molecular complexity index is 912. The number of fused-ring (bicyclic) bond motifs is 1. The maximum Gasteiger partial charge on any atom is 0.490 e. The first-order chi connectivity index (χ1) is 13.6. The first-order valence-corrected chi connectivity index (χ1v) is 8.70. The summed E-state index contributed by atoms with van der Waals surface area (Å²) >= 11 is 0. The summed E-state index contributed by atoms with van der Waals surface area (Å²) in [6, 6.07) is 2.21. The van der Waals surface area contributed by atoms with Crippen molar-refractivity contribution in [1.82, 2.24) is 9.78 Å². The highest BCUT2D eigenvalue weighted by Crippen LogP contribution is 2.34. The van der Waals surface area contributed by atoms with Crippen molar-refractivity contribution in [3.8, 4) is 0 Å². The van der Waals surface area contributed by atoms with Crippen LogP contribution in [-0.4, -0.2) is 44.5 Å². The smallest absolute Gasteiger partial charge is 0.477 e. The monoisotopic (exact) mass is 415 g/mol. The number of benzene rings is 1. The van der Waals surface area contributed by atoms with Crippen molar-refractivity contribution in [2.75, 3.05) is 6.61 Å². The largest absolute Gasteiger partial charge is 0.490 e. The van der Waals surface area contributed by atoms with Crippen LogP contribution in [0.5, 0.6) is 0 Å². The minimum atomic E-state index is -5.01. The molecule has 0 amide bonds. The molecule has 156 valence electrons. The molecule has 1 aliphatic rings. The Labute approximate surface area is 161 Å². The first-order valence-electron chi connectivity index (χ1n) is 8.70. The van der Waals surface area contributed by atoms with Gasteiger partial charge in [-0.3, -0.25) is 14.8 Å². The van der Waals surface area contributed by atoms with Gasteiger partial charge in [-0.15, -0.1) is 0 Å². The fourth-order valence-corrected chi connectivity index (χ4v) is 3.44. The van der Waals surface area contributed by atoms with E-state index in [0.717, 1.165) is 12.1 Å². The van der Waals surface area contributed by atoms with Gasteiger partial charge in [0.2, 0.25) is 0 Å². The second-order valence-corrected chi connectivity index (χ2v) is 6.87. The van der Waals surface area contributed by atoms with Gasteiger partial charge in [-0.05, 0) is 37.7 Å². The number of halogens is 3. The number of hydrogen-bond acceptors (Lipinski definition) is 6. The molecule has 1 heterocycles. The van der Waals surface area contributed by atoms with Crippen LogP contribution in [0.1, 0.15) is 42.1 Å². The number of nitro benzene ring substituents is 1. The number of esters is 1. The van der Waals surface area contributed by atoms with Crippen molar-refractivity contribution in [3.05, 3.63) is 34.0 Å². The maximum atomic E-state index is 12.2. The van der Waals surface area contributed by atoms with Crippen LogP contribution in [0.4, 0.5) is 18.9 Å². The van der Waals surface area contributed by atoms with Crippen LogP contribution in [0.2, 0.25) is 0 Å². The summed E-state index contributed by atoms with van der Waals surface area (Å²) < 4.78 is 42.4. The maximum absolute atomic E-state index is 12.2. The van der Waals surface area contributed by atoms with Gasteiger partial charge >= 0.3 is 18.1 Å². The van der Waals surface area contributed by atoms with E-state index >= 15 is 0 Å². The molecule has 29 heavy (non-hydrogen) atoms. The first kappa shape index (κ1) is 20.6. The lowest BCUT2D eigenvalue weighted by Crippen LogP contribution is -2.29. The van der Waals surface area contributed by atoms with Gasteiger partial charge in [0.05, 0.1) is 23.1 Å². The summed E-state index contributed by atoms with van der Waals surface area (Å²) in [5.74, 6) is -3.82. The van der Waals surface area contributed by atoms with E-state index in [2.05, 4.69) is 9.84 Å². The normalized spacial score (nSPS) is 19.8. The Morgan fingerprint density at radius 1 is 1.28 bits per heavy atom. The third-order valence-electron chi connectivity index (χ3n) is 4.94. The lowest BCUT2D eigenvalue weighted by Gasteiger charge is -2.28. The molecule has 0 atom stereocenters.